The molecule has 1 aromatic carbocycles. The highest BCUT2D eigenvalue weighted by molar-refractivity contribution is 5.87. The molecule has 0 atom stereocenters. The van der Waals surface area contributed by atoms with Gasteiger partial charge in [-0.25, -0.2) is 4.79 Å². The van der Waals surface area contributed by atoms with E-state index in [0.29, 0.717) is 13.1 Å². The molecule has 5 nitrogen and oxygen atoms in total. The van der Waals surface area contributed by atoms with Gasteiger partial charge in [0.2, 0.25) is 5.91 Å². The number of carbonyl (C=O) groups is 2. The molecule has 0 aliphatic carbocycles. The van der Waals surface area contributed by atoms with Gasteiger partial charge in [-0.05, 0) is 24.1 Å². The average molecular weight is 262 g/mol. The van der Waals surface area contributed by atoms with Crippen molar-refractivity contribution < 1.29 is 14.7 Å². The third-order valence-corrected chi connectivity index (χ3v) is 3.36. The van der Waals surface area contributed by atoms with Crippen molar-refractivity contribution in [2.45, 2.75) is 13.0 Å². The van der Waals surface area contributed by atoms with E-state index < -0.39 is 5.97 Å². The molecular weight excluding hydrogens is 244 g/mol. The second kappa shape index (κ2) is 5.84. The van der Waals surface area contributed by atoms with Crippen molar-refractivity contribution in [3.63, 3.8) is 0 Å². The molecule has 1 saturated heterocycles. The first-order valence-electron chi connectivity index (χ1n) is 6.35. The maximum atomic E-state index is 11.8. The highest BCUT2D eigenvalue weighted by atomic mass is 16.4. The SMILES string of the molecule is CN1CCCN(Cc2ccc(C(=O)O)cc2)CC1=O. The van der Waals surface area contributed by atoms with Crippen molar-refractivity contribution in [1.29, 1.82) is 0 Å². The Bertz CT molecular complexity index is 470. The lowest BCUT2D eigenvalue weighted by Gasteiger charge is -2.19. The van der Waals surface area contributed by atoms with Crippen LogP contribution in [-0.2, 0) is 11.3 Å². The average Bonchev–Trinajstić information content (AvgIpc) is 2.53. The van der Waals surface area contributed by atoms with Gasteiger partial charge in [-0.15, -0.1) is 0 Å². The monoisotopic (exact) mass is 262 g/mol. The first kappa shape index (κ1) is 13.5. The minimum Gasteiger partial charge on any atom is -0.478 e. The summed E-state index contributed by atoms with van der Waals surface area (Å²) in [6, 6.07) is 6.82. The number of nitrogens with zero attached hydrogens (tertiary/aromatic N) is 2. The Morgan fingerprint density at radius 2 is 1.95 bits per heavy atom. The van der Waals surface area contributed by atoms with Crippen LogP contribution in [0.15, 0.2) is 24.3 Å². The van der Waals surface area contributed by atoms with Crippen molar-refractivity contribution in [3.8, 4) is 0 Å². The molecule has 1 aliphatic heterocycles. The normalized spacial score (nSPS) is 17.3. The van der Waals surface area contributed by atoms with E-state index in [9.17, 15) is 9.59 Å². The van der Waals surface area contributed by atoms with Gasteiger partial charge in [0.05, 0.1) is 12.1 Å². The highest BCUT2D eigenvalue weighted by Crippen LogP contribution is 2.10. The Morgan fingerprint density at radius 1 is 1.26 bits per heavy atom. The molecule has 0 radical (unpaired) electrons. The van der Waals surface area contributed by atoms with Crippen molar-refractivity contribution >= 4 is 11.9 Å². The van der Waals surface area contributed by atoms with Crippen molar-refractivity contribution in [2.24, 2.45) is 0 Å². The molecule has 1 fully saturated rings. The van der Waals surface area contributed by atoms with E-state index in [0.717, 1.165) is 25.1 Å². The molecule has 5 heteroatoms. The Hall–Kier alpha value is -1.88. The van der Waals surface area contributed by atoms with Gasteiger partial charge in [-0.2, -0.15) is 0 Å². The summed E-state index contributed by atoms with van der Waals surface area (Å²) in [6.45, 7) is 2.79. The lowest BCUT2D eigenvalue weighted by molar-refractivity contribution is -0.130. The Balaban J connectivity index is 2.00. The minimum absolute atomic E-state index is 0.139. The molecule has 0 aromatic heterocycles. The molecule has 1 aromatic rings. The third kappa shape index (κ3) is 3.54. The first-order chi connectivity index (χ1) is 9.06. The number of carbonyl (C=O) groups excluding carboxylic acids is 1. The highest BCUT2D eigenvalue weighted by Gasteiger charge is 2.18. The summed E-state index contributed by atoms with van der Waals surface area (Å²) in [5.41, 5.74) is 1.32. The quantitative estimate of drug-likeness (QED) is 0.884. The molecule has 0 unspecified atom stereocenters. The smallest absolute Gasteiger partial charge is 0.335 e. The van der Waals surface area contributed by atoms with E-state index in [1.165, 1.54) is 0 Å². The van der Waals surface area contributed by atoms with Gasteiger partial charge in [-0.3, -0.25) is 9.69 Å². The molecular formula is C14H18N2O3. The van der Waals surface area contributed by atoms with Crippen LogP contribution in [0.3, 0.4) is 0 Å². The van der Waals surface area contributed by atoms with E-state index in [-0.39, 0.29) is 11.5 Å². The van der Waals surface area contributed by atoms with Crippen LogP contribution in [0.1, 0.15) is 22.3 Å². The zero-order chi connectivity index (χ0) is 13.8. The Labute approximate surface area is 112 Å². The van der Waals surface area contributed by atoms with Crippen LogP contribution in [0.25, 0.3) is 0 Å². The van der Waals surface area contributed by atoms with E-state index in [4.69, 9.17) is 5.11 Å². The first-order valence-corrected chi connectivity index (χ1v) is 6.35. The minimum atomic E-state index is -0.918. The van der Waals surface area contributed by atoms with Gasteiger partial charge >= 0.3 is 5.97 Å². The molecule has 1 heterocycles. The number of benzene rings is 1. The number of carboxylic acid groups (broad SMARTS) is 1. The maximum Gasteiger partial charge on any atom is 0.335 e. The number of amides is 1. The molecule has 1 amide bonds. The second-order valence-electron chi connectivity index (χ2n) is 4.88. The largest absolute Gasteiger partial charge is 0.478 e. The van der Waals surface area contributed by atoms with Crippen molar-refractivity contribution in [3.05, 3.63) is 35.4 Å². The lowest BCUT2D eigenvalue weighted by Crippen LogP contribution is -2.34. The maximum absolute atomic E-state index is 11.8. The predicted octanol–water partition coefficient (Wildman–Crippen LogP) is 1.05. The summed E-state index contributed by atoms with van der Waals surface area (Å²) in [5, 5.41) is 8.84. The third-order valence-electron chi connectivity index (χ3n) is 3.36. The molecule has 0 saturated carbocycles. The predicted molar refractivity (Wildman–Crippen MR) is 70.9 cm³/mol. The summed E-state index contributed by atoms with van der Waals surface area (Å²) in [7, 11) is 1.83. The molecule has 1 N–H and O–H groups in total. The fourth-order valence-corrected chi connectivity index (χ4v) is 2.19. The number of likely N-dealkylation sites (N-methyl/N-ethyl adjacent to an activating group) is 1. The number of rotatable bonds is 3. The summed E-state index contributed by atoms with van der Waals surface area (Å²) in [5.74, 6) is -0.780. The zero-order valence-electron chi connectivity index (χ0n) is 11.0. The van der Waals surface area contributed by atoms with Gasteiger partial charge in [0.15, 0.2) is 0 Å². The fraction of sp³-hybridized carbons (Fsp3) is 0.429. The van der Waals surface area contributed by atoms with Crippen LogP contribution in [0.5, 0.6) is 0 Å². The number of aromatic carboxylic acids is 1. The number of carboxylic acids is 1. The van der Waals surface area contributed by atoms with Crippen LogP contribution in [0, 0.1) is 0 Å². The van der Waals surface area contributed by atoms with Gasteiger partial charge in [0, 0.05) is 26.7 Å². The fourth-order valence-electron chi connectivity index (χ4n) is 2.19. The summed E-state index contributed by atoms with van der Waals surface area (Å²) in [6.07, 6.45) is 0.968. The van der Waals surface area contributed by atoms with Crippen LogP contribution < -0.4 is 0 Å². The van der Waals surface area contributed by atoms with Crippen molar-refractivity contribution in [1.82, 2.24) is 9.80 Å². The van der Waals surface area contributed by atoms with Crippen molar-refractivity contribution in [2.75, 3.05) is 26.7 Å². The lowest BCUT2D eigenvalue weighted by atomic mass is 10.1. The molecule has 1 aliphatic rings. The van der Waals surface area contributed by atoms with Gasteiger partial charge in [-0.1, -0.05) is 12.1 Å². The van der Waals surface area contributed by atoms with E-state index in [1.807, 2.05) is 19.2 Å². The standard InChI is InChI=1S/C14H18N2O3/c1-15-7-2-8-16(10-13(15)17)9-11-3-5-12(6-4-11)14(18)19/h3-6H,2,7-10H2,1H3,(H,18,19). The van der Waals surface area contributed by atoms with E-state index in [1.54, 1.807) is 17.0 Å². The number of hydrogen-bond donors (Lipinski definition) is 1. The van der Waals surface area contributed by atoms with Gasteiger partial charge in [0.1, 0.15) is 0 Å². The number of hydrogen-bond acceptors (Lipinski definition) is 3. The summed E-state index contributed by atoms with van der Waals surface area (Å²) < 4.78 is 0. The topological polar surface area (TPSA) is 60.9 Å². The molecule has 19 heavy (non-hydrogen) atoms. The molecule has 0 bridgehead atoms. The van der Waals surface area contributed by atoms with Crippen LogP contribution >= 0.6 is 0 Å². The zero-order valence-corrected chi connectivity index (χ0v) is 11.0. The van der Waals surface area contributed by atoms with Crippen LogP contribution in [0.4, 0.5) is 0 Å². The van der Waals surface area contributed by atoms with Crippen LogP contribution in [-0.4, -0.2) is 53.5 Å². The summed E-state index contributed by atoms with van der Waals surface area (Å²) in [4.78, 5) is 26.4. The van der Waals surface area contributed by atoms with Crippen LogP contribution in [0.2, 0.25) is 0 Å². The van der Waals surface area contributed by atoms with E-state index >= 15 is 0 Å². The molecule has 0 spiro atoms. The summed E-state index contributed by atoms with van der Waals surface area (Å²) >= 11 is 0. The van der Waals surface area contributed by atoms with Gasteiger partial charge in [0.25, 0.3) is 0 Å². The van der Waals surface area contributed by atoms with E-state index in [2.05, 4.69) is 4.90 Å². The Kier molecular flexibility index (Phi) is 4.16. The second-order valence-corrected chi connectivity index (χ2v) is 4.88. The Morgan fingerprint density at radius 3 is 2.58 bits per heavy atom. The molecule has 102 valence electrons. The van der Waals surface area contributed by atoms with Gasteiger partial charge < -0.3 is 10.0 Å². The molecule has 2 rings (SSSR count).